The lowest BCUT2D eigenvalue weighted by Gasteiger charge is -2.28. The molecule has 0 atom stereocenters. The first kappa shape index (κ1) is 19.8. The van der Waals surface area contributed by atoms with Crippen LogP contribution >= 0.6 is 0 Å². The molecular weight excluding hydrogens is 312 g/mol. The van der Waals surface area contributed by atoms with Gasteiger partial charge in [0.1, 0.15) is 5.75 Å². The Labute approximate surface area is 153 Å². The fourth-order valence-corrected chi connectivity index (χ4v) is 3.74. The molecule has 2 rings (SSSR count). The van der Waals surface area contributed by atoms with Crippen molar-refractivity contribution in [1.82, 2.24) is 0 Å². The van der Waals surface area contributed by atoms with E-state index in [9.17, 15) is 4.79 Å². The summed E-state index contributed by atoms with van der Waals surface area (Å²) in [6, 6.07) is 7.28. The molecule has 0 unspecified atom stereocenters. The second-order valence-electron chi connectivity index (χ2n) is 7.33. The van der Waals surface area contributed by atoms with Gasteiger partial charge in [0.2, 0.25) is 0 Å². The van der Waals surface area contributed by atoms with Gasteiger partial charge in [-0.3, -0.25) is 0 Å². The predicted molar refractivity (Wildman–Crippen MR) is 102 cm³/mol. The van der Waals surface area contributed by atoms with Gasteiger partial charge in [-0.2, -0.15) is 0 Å². The highest BCUT2D eigenvalue weighted by molar-refractivity contribution is 5.89. The van der Waals surface area contributed by atoms with Crippen LogP contribution in [-0.2, 0) is 4.74 Å². The molecule has 1 saturated carbocycles. The summed E-state index contributed by atoms with van der Waals surface area (Å²) in [5.74, 6) is 2.46. The van der Waals surface area contributed by atoms with E-state index < -0.39 is 0 Å². The van der Waals surface area contributed by atoms with Crippen molar-refractivity contribution >= 4 is 5.97 Å². The minimum atomic E-state index is -0.257. The lowest BCUT2D eigenvalue weighted by atomic mass is 9.78. The van der Waals surface area contributed by atoms with E-state index in [-0.39, 0.29) is 5.97 Å². The first-order chi connectivity index (χ1) is 12.2. The highest BCUT2D eigenvalue weighted by atomic mass is 16.5. The molecule has 1 aliphatic carbocycles. The van der Waals surface area contributed by atoms with E-state index in [1.54, 1.807) is 12.1 Å². The first-order valence-corrected chi connectivity index (χ1v) is 10.1. The van der Waals surface area contributed by atoms with Crippen LogP contribution in [0, 0.1) is 11.8 Å². The van der Waals surface area contributed by atoms with E-state index >= 15 is 0 Å². The number of hydrogen-bond acceptors (Lipinski definition) is 3. The molecule has 0 amide bonds. The molecule has 1 aromatic carbocycles. The molecule has 0 spiro atoms. The number of carbonyl (C=O) groups is 1. The van der Waals surface area contributed by atoms with E-state index in [4.69, 9.17) is 9.47 Å². The molecule has 0 saturated heterocycles. The normalized spacial score (nSPS) is 20.2. The molecule has 1 aliphatic rings. The summed E-state index contributed by atoms with van der Waals surface area (Å²) in [6.07, 6.45) is 11.6. The van der Waals surface area contributed by atoms with Gasteiger partial charge in [0.25, 0.3) is 0 Å². The maximum Gasteiger partial charge on any atom is 0.338 e. The molecule has 0 radical (unpaired) electrons. The standard InChI is InChI=1S/C22H34O3/c1-3-6-18-8-10-19(11-9-18)7-5-17-24-21-14-12-20(13-15-21)22(23)25-16-4-2/h12-15,18-19H,3-11,16-17H2,1-2H3. The van der Waals surface area contributed by atoms with Crippen LogP contribution in [-0.4, -0.2) is 19.2 Å². The maximum absolute atomic E-state index is 11.8. The molecule has 1 fully saturated rings. The third-order valence-corrected chi connectivity index (χ3v) is 5.22. The Bertz CT molecular complexity index is 486. The number of ether oxygens (including phenoxy) is 2. The van der Waals surface area contributed by atoms with Gasteiger partial charge < -0.3 is 9.47 Å². The first-order valence-electron chi connectivity index (χ1n) is 10.1. The van der Waals surface area contributed by atoms with E-state index in [1.165, 1.54) is 44.9 Å². The highest BCUT2D eigenvalue weighted by Gasteiger charge is 2.20. The van der Waals surface area contributed by atoms with Crippen molar-refractivity contribution in [3.63, 3.8) is 0 Å². The SMILES string of the molecule is CCCOC(=O)c1ccc(OCCCC2CCC(CCC)CC2)cc1. The molecule has 0 N–H and O–H groups in total. The fraction of sp³-hybridized carbons (Fsp3) is 0.682. The topological polar surface area (TPSA) is 35.5 Å². The monoisotopic (exact) mass is 346 g/mol. The summed E-state index contributed by atoms with van der Waals surface area (Å²) in [4.78, 5) is 11.8. The fourth-order valence-electron chi connectivity index (χ4n) is 3.74. The van der Waals surface area contributed by atoms with Crippen LogP contribution in [0.4, 0.5) is 0 Å². The van der Waals surface area contributed by atoms with Crippen LogP contribution in [0.5, 0.6) is 5.75 Å². The summed E-state index contributed by atoms with van der Waals surface area (Å²) in [7, 11) is 0. The summed E-state index contributed by atoms with van der Waals surface area (Å²) < 4.78 is 10.9. The van der Waals surface area contributed by atoms with Gasteiger partial charge in [0.05, 0.1) is 18.8 Å². The van der Waals surface area contributed by atoms with Gasteiger partial charge in [-0.05, 0) is 55.4 Å². The van der Waals surface area contributed by atoms with Gasteiger partial charge in [-0.15, -0.1) is 0 Å². The average molecular weight is 347 g/mol. The average Bonchev–Trinajstić information content (AvgIpc) is 2.65. The van der Waals surface area contributed by atoms with Crippen molar-refractivity contribution in [2.24, 2.45) is 11.8 Å². The molecule has 3 nitrogen and oxygen atoms in total. The van der Waals surface area contributed by atoms with Crippen LogP contribution in [0.1, 0.15) is 82.0 Å². The Morgan fingerprint density at radius 3 is 2.16 bits per heavy atom. The van der Waals surface area contributed by atoms with Crippen molar-refractivity contribution in [3.8, 4) is 5.75 Å². The Hall–Kier alpha value is -1.51. The molecule has 0 heterocycles. The van der Waals surface area contributed by atoms with Crippen LogP contribution in [0.25, 0.3) is 0 Å². The van der Waals surface area contributed by atoms with Crippen molar-refractivity contribution in [1.29, 1.82) is 0 Å². The summed E-state index contributed by atoms with van der Waals surface area (Å²) in [5.41, 5.74) is 0.588. The molecule has 0 bridgehead atoms. The predicted octanol–water partition coefficient (Wildman–Crippen LogP) is 6.02. The van der Waals surface area contributed by atoms with E-state index in [0.717, 1.165) is 37.0 Å². The zero-order chi connectivity index (χ0) is 17.9. The zero-order valence-corrected chi connectivity index (χ0v) is 16.0. The minimum Gasteiger partial charge on any atom is -0.494 e. The van der Waals surface area contributed by atoms with Crippen molar-refractivity contribution < 1.29 is 14.3 Å². The second kappa shape index (κ2) is 11.2. The molecular formula is C22H34O3. The van der Waals surface area contributed by atoms with Gasteiger partial charge in [-0.25, -0.2) is 4.79 Å². The van der Waals surface area contributed by atoms with E-state index in [0.29, 0.717) is 12.2 Å². The maximum atomic E-state index is 11.8. The number of rotatable bonds is 10. The molecule has 0 aliphatic heterocycles. The Morgan fingerprint density at radius 2 is 1.56 bits per heavy atom. The van der Waals surface area contributed by atoms with E-state index in [1.807, 2.05) is 19.1 Å². The van der Waals surface area contributed by atoms with Gasteiger partial charge in [-0.1, -0.05) is 52.4 Å². The summed E-state index contributed by atoms with van der Waals surface area (Å²) in [5, 5.41) is 0. The summed E-state index contributed by atoms with van der Waals surface area (Å²) >= 11 is 0. The Kier molecular flexibility index (Phi) is 8.85. The van der Waals surface area contributed by atoms with Crippen molar-refractivity contribution in [2.75, 3.05) is 13.2 Å². The molecule has 25 heavy (non-hydrogen) atoms. The molecule has 0 aromatic heterocycles. The zero-order valence-electron chi connectivity index (χ0n) is 16.0. The molecule has 140 valence electrons. The van der Waals surface area contributed by atoms with E-state index in [2.05, 4.69) is 6.92 Å². The highest BCUT2D eigenvalue weighted by Crippen LogP contribution is 2.33. The van der Waals surface area contributed by atoms with Crippen molar-refractivity contribution in [2.45, 2.75) is 71.6 Å². The lowest BCUT2D eigenvalue weighted by molar-refractivity contribution is 0.0505. The number of esters is 1. The minimum absolute atomic E-state index is 0.257. The Balaban J connectivity index is 1.61. The third-order valence-electron chi connectivity index (χ3n) is 5.22. The third kappa shape index (κ3) is 7.09. The van der Waals surface area contributed by atoms with Crippen LogP contribution in [0.2, 0.25) is 0 Å². The van der Waals surface area contributed by atoms with Gasteiger partial charge in [0.15, 0.2) is 0 Å². The molecule has 1 aromatic rings. The lowest BCUT2D eigenvalue weighted by Crippen LogP contribution is -2.15. The number of hydrogen-bond donors (Lipinski definition) is 0. The Morgan fingerprint density at radius 1 is 0.920 bits per heavy atom. The van der Waals surface area contributed by atoms with Crippen molar-refractivity contribution in [3.05, 3.63) is 29.8 Å². The quantitative estimate of drug-likeness (QED) is 0.384. The van der Waals surface area contributed by atoms with Crippen LogP contribution in [0.15, 0.2) is 24.3 Å². The van der Waals surface area contributed by atoms with Crippen LogP contribution < -0.4 is 4.74 Å². The summed E-state index contributed by atoms with van der Waals surface area (Å²) in [6.45, 7) is 5.51. The molecule has 3 heteroatoms. The van der Waals surface area contributed by atoms with Gasteiger partial charge >= 0.3 is 5.97 Å². The smallest absolute Gasteiger partial charge is 0.338 e. The van der Waals surface area contributed by atoms with Crippen LogP contribution in [0.3, 0.4) is 0 Å². The van der Waals surface area contributed by atoms with Gasteiger partial charge in [0, 0.05) is 0 Å². The number of carbonyl (C=O) groups excluding carboxylic acids is 1. The largest absolute Gasteiger partial charge is 0.494 e. The number of benzene rings is 1. The second-order valence-corrected chi connectivity index (χ2v) is 7.33.